The molecule has 0 fully saturated rings. The summed E-state index contributed by atoms with van der Waals surface area (Å²) in [5.41, 5.74) is 0.340. The van der Waals surface area contributed by atoms with E-state index in [9.17, 15) is 4.39 Å². The molecular weight excluding hydrogens is 209 g/mol. The zero-order valence-electron chi connectivity index (χ0n) is 10.2. The number of anilines is 1. The van der Waals surface area contributed by atoms with Gasteiger partial charge in [0.25, 0.3) is 0 Å². The average molecular weight is 227 g/mol. The molecule has 1 aromatic rings. The molecule has 1 atom stereocenters. The fourth-order valence-electron chi connectivity index (χ4n) is 1.51. The molecule has 0 spiro atoms. The molecule has 1 rings (SSSR count). The Kier molecular flexibility index (Phi) is 4.61. The zero-order valence-corrected chi connectivity index (χ0v) is 10.2. The summed E-state index contributed by atoms with van der Waals surface area (Å²) in [6, 6.07) is 0. The van der Waals surface area contributed by atoms with E-state index in [2.05, 4.69) is 22.2 Å². The first-order valence-electron chi connectivity index (χ1n) is 5.38. The Morgan fingerprint density at radius 3 is 2.62 bits per heavy atom. The summed E-state index contributed by atoms with van der Waals surface area (Å²) in [7, 11) is 3.25. The zero-order chi connectivity index (χ0) is 12.1. The maximum absolute atomic E-state index is 13.5. The summed E-state index contributed by atoms with van der Waals surface area (Å²) < 4.78 is 18.8. The molecule has 1 unspecified atom stereocenters. The van der Waals surface area contributed by atoms with Crippen LogP contribution in [0.5, 0.6) is 0 Å². The van der Waals surface area contributed by atoms with Gasteiger partial charge in [-0.2, -0.15) is 0 Å². The lowest BCUT2D eigenvalue weighted by Crippen LogP contribution is -2.11. The second-order valence-corrected chi connectivity index (χ2v) is 3.59. The van der Waals surface area contributed by atoms with Gasteiger partial charge in [0, 0.05) is 14.2 Å². The van der Waals surface area contributed by atoms with E-state index in [0.717, 1.165) is 12.8 Å². The SMILES string of the molecule is CCCC(OC)c1nc(C)c(F)c(NC)n1. The fraction of sp³-hybridized carbons (Fsp3) is 0.636. The number of rotatable bonds is 5. The fourth-order valence-corrected chi connectivity index (χ4v) is 1.51. The number of aryl methyl sites for hydroxylation is 1. The van der Waals surface area contributed by atoms with Gasteiger partial charge in [-0.3, -0.25) is 0 Å². The van der Waals surface area contributed by atoms with Crippen molar-refractivity contribution in [2.24, 2.45) is 0 Å². The predicted octanol–water partition coefficient (Wildman–Crippen LogP) is 2.45. The number of nitrogens with one attached hydrogen (secondary N) is 1. The molecule has 5 heteroatoms. The number of aromatic nitrogens is 2. The monoisotopic (exact) mass is 227 g/mol. The van der Waals surface area contributed by atoms with Crippen molar-refractivity contribution in [1.29, 1.82) is 0 Å². The molecule has 90 valence electrons. The molecule has 0 aromatic carbocycles. The Labute approximate surface area is 95.3 Å². The van der Waals surface area contributed by atoms with Crippen LogP contribution in [-0.2, 0) is 4.74 Å². The number of methoxy groups -OCH3 is 1. The van der Waals surface area contributed by atoms with Crippen LogP contribution in [-0.4, -0.2) is 24.1 Å². The molecule has 0 aliphatic carbocycles. The first-order chi connectivity index (χ1) is 7.63. The Hall–Kier alpha value is -1.23. The highest BCUT2D eigenvalue weighted by atomic mass is 19.1. The Morgan fingerprint density at radius 1 is 1.44 bits per heavy atom. The molecule has 0 radical (unpaired) electrons. The highest BCUT2D eigenvalue weighted by molar-refractivity contribution is 5.37. The van der Waals surface area contributed by atoms with Crippen LogP contribution in [0.4, 0.5) is 10.2 Å². The van der Waals surface area contributed by atoms with Gasteiger partial charge in [0.1, 0.15) is 6.10 Å². The lowest BCUT2D eigenvalue weighted by atomic mass is 10.2. The number of nitrogens with zero attached hydrogens (tertiary/aromatic N) is 2. The van der Waals surface area contributed by atoms with Gasteiger partial charge in [0.05, 0.1) is 5.69 Å². The summed E-state index contributed by atoms with van der Waals surface area (Å²) in [5.74, 6) is 0.353. The third kappa shape index (κ3) is 2.66. The van der Waals surface area contributed by atoms with Crippen LogP contribution in [0.2, 0.25) is 0 Å². The van der Waals surface area contributed by atoms with Crippen molar-refractivity contribution >= 4 is 5.82 Å². The number of hydrogen-bond acceptors (Lipinski definition) is 4. The predicted molar refractivity (Wildman–Crippen MR) is 60.9 cm³/mol. The van der Waals surface area contributed by atoms with Crippen LogP contribution < -0.4 is 5.32 Å². The van der Waals surface area contributed by atoms with E-state index in [1.807, 2.05) is 0 Å². The van der Waals surface area contributed by atoms with Crippen LogP contribution in [0.3, 0.4) is 0 Å². The largest absolute Gasteiger partial charge is 0.373 e. The van der Waals surface area contributed by atoms with Crippen LogP contribution >= 0.6 is 0 Å². The molecule has 1 heterocycles. The topological polar surface area (TPSA) is 47.0 Å². The van der Waals surface area contributed by atoms with Crippen molar-refractivity contribution in [3.05, 3.63) is 17.3 Å². The Balaban J connectivity index is 3.08. The van der Waals surface area contributed by atoms with Gasteiger partial charge in [-0.05, 0) is 13.3 Å². The minimum absolute atomic E-state index is 0.170. The Bertz CT molecular complexity index is 357. The number of halogens is 1. The smallest absolute Gasteiger partial charge is 0.186 e. The number of hydrogen-bond donors (Lipinski definition) is 1. The molecule has 16 heavy (non-hydrogen) atoms. The first-order valence-corrected chi connectivity index (χ1v) is 5.38. The summed E-state index contributed by atoms with van der Waals surface area (Å²) >= 11 is 0. The van der Waals surface area contributed by atoms with Gasteiger partial charge in [-0.15, -0.1) is 0 Å². The van der Waals surface area contributed by atoms with E-state index >= 15 is 0 Å². The van der Waals surface area contributed by atoms with E-state index in [1.165, 1.54) is 0 Å². The van der Waals surface area contributed by atoms with Crippen molar-refractivity contribution in [3.8, 4) is 0 Å². The van der Waals surface area contributed by atoms with Crippen LogP contribution in [0.25, 0.3) is 0 Å². The van der Waals surface area contributed by atoms with Gasteiger partial charge in [0.2, 0.25) is 0 Å². The van der Waals surface area contributed by atoms with Crippen molar-refractivity contribution in [1.82, 2.24) is 9.97 Å². The first kappa shape index (κ1) is 12.8. The van der Waals surface area contributed by atoms with Crippen LogP contribution in [0.15, 0.2) is 0 Å². The molecule has 0 saturated carbocycles. The maximum Gasteiger partial charge on any atom is 0.186 e. The lowest BCUT2D eigenvalue weighted by Gasteiger charge is -2.15. The summed E-state index contributed by atoms with van der Waals surface area (Å²) in [6.07, 6.45) is 1.62. The second-order valence-electron chi connectivity index (χ2n) is 3.59. The minimum atomic E-state index is -0.405. The van der Waals surface area contributed by atoms with Gasteiger partial charge >= 0.3 is 0 Å². The Morgan fingerprint density at radius 2 is 2.12 bits per heavy atom. The summed E-state index contributed by atoms with van der Waals surface area (Å²) in [4.78, 5) is 8.24. The van der Waals surface area contributed by atoms with Gasteiger partial charge in [-0.25, -0.2) is 14.4 Å². The molecule has 1 N–H and O–H groups in total. The van der Waals surface area contributed by atoms with Crippen LogP contribution in [0, 0.1) is 12.7 Å². The summed E-state index contributed by atoms with van der Waals surface area (Å²) in [5, 5.41) is 2.72. The van der Waals surface area contributed by atoms with E-state index < -0.39 is 5.82 Å². The second kappa shape index (κ2) is 5.75. The van der Waals surface area contributed by atoms with Gasteiger partial charge in [0.15, 0.2) is 17.5 Å². The molecular formula is C11H18FN3O. The van der Waals surface area contributed by atoms with Crippen molar-refractivity contribution < 1.29 is 9.13 Å². The van der Waals surface area contributed by atoms with Crippen molar-refractivity contribution in [2.45, 2.75) is 32.8 Å². The van der Waals surface area contributed by atoms with E-state index in [-0.39, 0.29) is 11.9 Å². The van der Waals surface area contributed by atoms with E-state index in [1.54, 1.807) is 21.1 Å². The quantitative estimate of drug-likeness (QED) is 0.839. The standard InChI is InChI=1S/C11H18FN3O/c1-5-6-8(16-4)10-14-7(2)9(12)11(13-3)15-10/h8H,5-6H2,1-4H3,(H,13,14,15). The van der Waals surface area contributed by atoms with Gasteiger partial charge < -0.3 is 10.1 Å². The third-order valence-corrected chi connectivity index (χ3v) is 2.39. The molecule has 0 aliphatic rings. The molecule has 0 amide bonds. The molecule has 1 aromatic heterocycles. The van der Waals surface area contributed by atoms with Crippen molar-refractivity contribution in [3.63, 3.8) is 0 Å². The molecule has 0 aliphatic heterocycles. The molecule has 4 nitrogen and oxygen atoms in total. The molecule has 0 bridgehead atoms. The van der Waals surface area contributed by atoms with Crippen molar-refractivity contribution in [2.75, 3.05) is 19.5 Å². The van der Waals surface area contributed by atoms with Gasteiger partial charge in [-0.1, -0.05) is 13.3 Å². The minimum Gasteiger partial charge on any atom is -0.373 e. The molecule has 0 saturated heterocycles. The highest BCUT2D eigenvalue weighted by Gasteiger charge is 2.17. The van der Waals surface area contributed by atoms with Crippen LogP contribution in [0.1, 0.15) is 37.4 Å². The maximum atomic E-state index is 13.5. The lowest BCUT2D eigenvalue weighted by molar-refractivity contribution is 0.0874. The van der Waals surface area contributed by atoms with E-state index in [4.69, 9.17) is 4.74 Å². The number of ether oxygens (including phenoxy) is 1. The van der Waals surface area contributed by atoms with E-state index in [0.29, 0.717) is 11.5 Å². The highest BCUT2D eigenvalue weighted by Crippen LogP contribution is 2.22. The normalized spacial score (nSPS) is 12.6. The summed E-state index contributed by atoms with van der Waals surface area (Å²) in [6.45, 7) is 3.68. The average Bonchev–Trinajstić information content (AvgIpc) is 2.29. The third-order valence-electron chi connectivity index (χ3n) is 2.39.